The standard InChI is InChI=1S/C16H19N5O2/c1-10-8-21(9-14(22-10)15-19-18-11(2)23-15)16-17-12-6-4-5-7-13(12)20(16)3/h4-7,10,14H,8-9H2,1-3H3/t10-,14-/m1/s1. The van der Waals surface area contributed by atoms with Crippen LogP contribution in [0.1, 0.15) is 24.8 Å². The third-order valence-corrected chi connectivity index (χ3v) is 4.12. The van der Waals surface area contributed by atoms with Crippen molar-refractivity contribution in [1.82, 2.24) is 19.7 Å². The van der Waals surface area contributed by atoms with Gasteiger partial charge in [0.15, 0.2) is 6.10 Å². The van der Waals surface area contributed by atoms with E-state index in [9.17, 15) is 0 Å². The maximum absolute atomic E-state index is 5.98. The largest absolute Gasteiger partial charge is 0.423 e. The van der Waals surface area contributed by atoms with Crippen LogP contribution in [0, 0.1) is 6.92 Å². The topological polar surface area (TPSA) is 69.2 Å². The van der Waals surface area contributed by atoms with Crippen LogP contribution in [0.2, 0.25) is 0 Å². The lowest BCUT2D eigenvalue weighted by Crippen LogP contribution is -2.44. The third kappa shape index (κ3) is 2.46. The number of aromatic nitrogens is 4. The van der Waals surface area contributed by atoms with Gasteiger partial charge in [-0.25, -0.2) is 4.98 Å². The summed E-state index contributed by atoms with van der Waals surface area (Å²) < 4.78 is 13.6. The minimum atomic E-state index is -0.236. The average Bonchev–Trinajstić information content (AvgIpc) is 3.11. The second kappa shape index (κ2) is 5.34. The first-order valence-electron chi connectivity index (χ1n) is 7.73. The summed E-state index contributed by atoms with van der Waals surface area (Å²) in [5, 5.41) is 8.00. The normalized spacial score (nSPS) is 22.0. The fraction of sp³-hybridized carbons (Fsp3) is 0.438. The van der Waals surface area contributed by atoms with Crippen molar-refractivity contribution in [3.05, 3.63) is 36.0 Å². The van der Waals surface area contributed by atoms with Crippen molar-refractivity contribution in [2.45, 2.75) is 26.1 Å². The van der Waals surface area contributed by atoms with E-state index in [-0.39, 0.29) is 12.2 Å². The molecule has 0 N–H and O–H groups in total. The van der Waals surface area contributed by atoms with E-state index in [1.54, 1.807) is 6.92 Å². The number of ether oxygens (including phenoxy) is 1. The predicted molar refractivity (Wildman–Crippen MR) is 85.3 cm³/mol. The van der Waals surface area contributed by atoms with Crippen LogP contribution in [-0.4, -0.2) is 38.9 Å². The molecule has 4 rings (SSSR count). The smallest absolute Gasteiger partial charge is 0.247 e. The Morgan fingerprint density at radius 3 is 2.74 bits per heavy atom. The van der Waals surface area contributed by atoms with Crippen molar-refractivity contribution < 1.29 is 9.15 Å². The number of benzene rings is 1. The van der Waals surface area contributed by atoms with Gasteiger partial charge in [0.25, 0.3) is 0 Å². The summed E-state index contributed by atoms with van der Waals surface area (Å²) in [4.78, 5) is 6.99. The van der Waals surface area contributed by atoms with Crippen LogP contribution in [-0.2, 0) is 11.8 Å². The van der Waals surface area contributed by atoms with Gasteiger partial charge in [-0.15, -0.1) is 10.2 Å². The fourth-order valence-corrected chi connectivity index (χ4v) is 3.11. The Hall–Kier alpha value is -2.41. The van der Waals surface area contributed by atoms with E-state index in [0.29, 0.717) is 18.3 Å². The van der Waals surface area contributed by atoms with Gasteiger partial charge < -0.3 is 18.6 Å². The molecule has 120 valence electrons. The molecule has 1 aliphatic rings. The zero-order valence-corrected chi connectivity index (χ0v) is 13.4. The van der Waals surface area contributed by atoms with Gasteiger partial charge in [-0.2, -0.15) is 0 Å². The summed E-state index contributed by atoms with van der Waals surface area (Å²) in [7, 11) is 2.04. The van der Waals surface area contributed by atoms with Crippen molar-refractivity contribution in [3.8, 4) is 0 Å². The molecular formula is C16H19N5O2. The summed E-state index contributed by atoms with van der Waals surface area (Å²) in [5.41, 5.74) is 2.11. The highest BCUT2D eigenvalue weighted by Gasteiger charge is 2.32. The number of para-hydroxylation sites is 2. The van der Waals surface area contributed by atoms with Gasteiger partial charge in [-0.05, 0) is 19.1 Å². The van der Waals surface area contributed by atoms with E-state index in [2.05, 4.69) is 25.7 Å². The molecule has 0 amide bonds. The zero-order chi connectivity index (χ0) is 16.0. The lowest BCUT2D eigenvalue weighted by Gasteiger charge is -2.35. The van der Waals surface area contributed by atoms with Gasteiger partial charge in [0, 0.05) is 20.5 Å². The van der Waals surface area contributed by atoms with E-state index in [1.807, 2.05) is 32.2 Å². The molecule has 0 aliphatic carbocycles. The van der Waals surface area contributed by atoms with Crippen molar-refractivity contribution in [1.29, 1.82) is 0 Å². The van der Waals surface area contributed by atoms with Crippen LogP contribution < -0.4 is 4.90 Å². The molecule has 0 unspecified atom stereocenters. The first-order valence-corrected chi connectivity index (χ1v) is 7.73. The Labute approximate surface area is 133 Å². The number of anilines is 1. The highest BCUT2D eigenvalue weighted by molar-refractivity contribution is 5.78. The quantitative estimate of drug-likeness (QED) is 0.722. The first kappa shape index (κ1) is 14.2. The number of morpholine rings is 1. The minimum Gasteiger partial charge on any atom is -0.423 e. The molecule has 7 nitrogen and oxygen atoms in total. The van der Waals surface area contributed by atoms with Gasteiger partial charge >= 0.3 is 0 Å². The van der Waals surface area contributed by atoms with Crippen molar-refractivity contribution in [2.75, 3.05) is 18.0 Å². The van der Waals surface area contributed by atoms with Crippen LogP contribution in [0.5, 0.6) is 0 Å². The van der Waals surface area contributed by atoms with Crippen LogP contribution in [0.25, 0.3) is 11.0 Å². The second-order valence-corrected chi connectivity index (χ2v) is 5.96. The third-order valence-electron chi connectivity index (χ3n) is 4.12. The monoisotopic (exact) mass is 313 g/mol. The maximum Gasteiger partial charge on any atom is 0.247 e. The molecule has 3 heterocycles. The highest BCUT2D eigenvalue weighted by atomic mass is 16.5. The molecule has 1 saturated heterocycles. The van der Waals surface area contributed by atoms with E-state index in [4.69, 9.17) is 14.1 Å². The number of hydrogen-bond acceptors (Lipinski definition) is 6. The van der Waals surface area contributed by atoms with Crippen LogP contribution >= 0.6 is 0 Å². The maximum atomic E-state index is 5.98. The number of fused-ring (bicyclic) bond motifs is 1. The second-order valence-electron chi connectivity index (χ2n) is 5.96. The van der Waals surface area contributed by atoms with Crippen LogP contribution in [0.15, 0.2) is 28.7 Å². The predicted octanol–water partition coefficient (Wildman–Crippen LogP) is 2.23. The summed E-state index contributed by atoms with van der Waals surface area (Å²) in [6.45, 7) is 5.25. The minimum absolute atomic E-state index is 0.0563. The number of aryl methyl sites for hydroxylation is 2. The van der Waals surface area contributed by atoms with Crippen molar-refractivity contribution in [3.63, 3.8) is 0 Å². The van der Waals surface area contributed by atoms with Gasteiger partial charge in [0.1, 0.15) is 0 Å². The molecule has 1 aromatic carbocycles. The highest BCUT2D eigenvalue weighted by Crippen LogP contribution is 2.29. The summed E-state index contributed by atoms with van der Waals surface area (Å²) in [6, 6.07) is 8.14. The van der Waals surface area contributed by atoms with Crippen LogP contribution in [0.3, 0.4) is 0 Å². The molecule has 1 aliphatic heterocycles. The Morgan fingerprint density at radius 1 is 1.17 bits per heavy atom. The summed E-state index contributed by atoms with van der Waals surface area (Å²) >= 11 is 0. The van der Waals surface area contributed by atoms with Gasteiger partial charge in [-0.3, -0.25) is 0 Å². The molecule has 0 radical (unpaired) electrons. The van der Waals surface area contributed by atoms with E-state index in [1.165, 1.54) is 0 Å². The molecule has 0 saturated carbocycles. The SMILES string of the molecule is Cc1nnc([C@H]2CN(c3nc4ccccc4n3C)C[C@@H](C)O2)o1. The Bertz CT molecular complexity index is 840. The van der Waals surface area contributed by atoms with Gasteiger partial charge in [0.2, 0.25) is 17.7 Å². The molecule has 0 spiro atoms. The number of rotatable bonds is 2. The van der Waals surface area contributed by atoms with Gasteiger partial charge in [-0.1, -0.05) is 12.1 Å². The van der Waals surface area contributed by atoms with Crippen LogP contribution in [0.4, 0.5) is 5.95 Å². The lowest BCUT2D eigenvalue weighted by atomic mass is 10.2. The van der Waals surface area contributed by atoms with Gasteiger partial charge in [0.05, 0.1) is 23.7 Å². The number of nitrogens with zero attached hydrogens (tertiary/aromatic N) is 5. The molecule has 23 heavy (non-hydrogen) atoms. The Kier molecular flexibility index (Phi) is 3.30. The lowest BCUT2D eigenvalue weighted by molar-refractivity contribution is -0.0317. The Morgan fingerprint density at radius 2 is 2.00 bits per heavy atom. The zero-order valence-electron chi connectivity index (χ0n) is 13.4. The fourth-order valence-electron chi connectivity index (χ4n) is 3.11. The Balaban J connectivity index is 1.68. The number of hydrogen-bond donors (Lipinski definition) is 0. The molecule has 2 aromatic heterocycles. The van der Waals surface area contributed by atoms with E-state index < -0.39 is 0 Å². The van der Waals surface area contributed by atoms with Crippen molar-refractivity contribution >= 4 is 17.0 Å². The molecule has 1 fully saturated rings. The summed E-state index contributed by atoms with van der Waals surface area (Å²) in [5.74, 6) is 2.01. The summed E-state index contributed by atoms with van der Waals surface area (Å²) in [6.07, 6.45) is -0.180. The molecule has 3 aromatic rings. The molecule has 0 bridgehead atoms. The van der Waals surface area contributed by atoms with E-state index >= 15 is 0 Å². The average molecular weight is 313 g/mol. The van der Waals surface area contributed by atoms with E-state index in [0.717, 1.165) is 23.5 Å². The first-order chi connectivity index (χ1) is 11.1. The van der Waals surface area contributed by atoms with Crippen molar-refractivity contribution in [2.24, 2.45) is 7.05 Å². The molecule has 7 heteroatoms. The molecular weight excluding hydrogens is 294 g/mol. The number of imidazole rings is 1. The molecule has 2 atom stereocenters.